The second-order valence-electron chi connectivity index (χ2n) is 4.90. The zero-order valence-corrected chi connectivity index (χ0v) is 12.6. The molecule has 2 N–H and O–H groups in total. The largest absolute Gasteiger partial charge is 0.353 e. The van der Waals surface area contributed by atoms with Crippen LogP contribution in [0.3, 0.4) is 0 Å². The van der Waals surface area contributed by atoms with Gasteiger partial charge in [-0.05, 0) is 37.1 Å². The van der Waals surface area contributed by atoms with Gasteiger partial charge in [-0.1, -0.05) is 29.3 Å². The Morgan fingerprint density at radius 2 is 1.90 bits per heavy atom. The van der Waals surface area contributed by atoms with Crippen LogP contribution < -0.4 is 10.6 Å². The Labute approximate surface area is 132 Å². The molecule has 4 nitrogen and oxygen atoms in total. The third-order valence-corrected chi connectivity index (χ3v) is 3.77. The van der Waals surface area contributed by atoms with Gasteiger partial charge in [0.05, 0.1) is 15.7 Å². The van der Waals surface area contributed by atoms with E-state index in [-0.39, 0.29) is 5.91 Å². The molecule has 0 atom stereocenters. The molecule has 1 aromatic carbocycles. The summed E-state index contributed by atoms with van der Waals surface area (Å²) in [6.45, 7) is 0. The molecule has 2 aromatic rings. The molecule has 108 valence electrons. The first-order chi connectivity index (χ1) is 10.1. The van der Waals surface area contributed by atoms with Crippen LogP contribution in [0.5, 0.6) is 0 Å². The highest BCUT2D eigenvalue weighted by atomic mass is 35.5. The topological polar surface area (TPSA) is 54.0 Å². The van der Waals surface area contributed by atoms with Crippen molar-refractivity contribution in [2.45, 2.75) is 18.9 Å². The Kier molecular flexibility index (Phi) is 3.99. The van der Waals surface area contributed by atoms with Crippen LogP contribution in [0.2, 0.25) is 10.0 Å². The maximum absolute atomic E-state index is 12.0. The van der Waals surface area contributed by atoms with Crippen molar-refractivity contribution < 1.29 is 4.79 Å². The number of carbonyl (C=O) groups excluding carboxylic acids is 1. The molecular formula is C15H13Cl2N3O. The van der Waals surface area contributed by atoms with Crippen molar-refractivity contribution in [2.75, 3.05) is 5.32 Å². The molecule has 1 aromatic heterocycles. The first-order valence-electron chi connectivity index (χ1n) is 6.61. The molecule has 1 aliphatic carbocycles. The first kappa shape index (κ1) is 14.2. The summed E-state index contributed by atoms with van der Waals surface area (Å²) in [6, 6.07) is 9.01. The number of halogens is 2. The summed E-state index contributed by atoms with van der Waals surface area (Å²) in [7, 11) is 0. The average molecular weight is 322 g/mol. The Morgan fingerprint density at radius 1 is 1.19 bits per heavy atom. The van der Waals surface area contributed by atoms with Crippen LogP contribution in [0, 0.1) is 0 Å². The van der Waals surface area contributed by atoms with Crippen LogP contribution >= 0.6 is 23.2 Å². The van der Waals surface area contributed by atoms with Gasteiger partial charge in [0.25, 0.3) is 5.91 Å². The minimum absolute atomic E-state index is 0.161. The zero-order valence-electron chi connectivity index (χ0n) is 11.1. The number of anilines is 2. The van der Waals surface area contributed by atoms with E-state index in [0.29, 0.717) is 33.2 Å². The minimum atomic E-state index is -0.161. The molecule has 0 radical (unpaired) electrons. The van der Waals surface area contributed by atoms with E-state index in [1.807, 2.05) is 0 Å². The molecule has 0 saturated heterocycles. The van der Waals surface area contributed by atoms with Gasteiger partial charge in [-0.3, -0.25) is 9.78 Å². The summed E-state index contributed by atoms with van der Waals surface area (Å²) in [5.74, 6) is -0.161. The van der Waals surface area contributed by atoms with Gasteiger partial charge < -0.3 is 10.6 Å². The Morgan fingerprint density at radius 3 is 2.57 bits per heavy atom. The fourth-order valence-electron chi connectivity index (χ4n) is 1.88. The van der Waals surface area contributed by atoms with Crippen molar-refractivity contribution in [1.29, 1.82) is 0 Å². The van der Waals surface area contributed by atoms with Crippen molar-refractivity contribution in [3.63, 3.8) is 0 Å². The Balaban J connectivity index is 1.81. The van der Waals surface area contributed by atoms with Gasteiger partial charge in [-0.15, -0.1) is 0 Å². The monoisotopic (exact) mass is 321 g/mol. The van der Waals surface area contributed by atoms with E-state index in [0.717, 1.165) is 12.8 Å². The van der Waals surface area contributed by atoms with Crippen molar-refractivity contribution in [3.8, 4) is 0 Å². The summed E-state index contributed by atoms with van der Waals surface area (Å²) in [5.41, 5.74) is 1.69. The fraction of sp³-hybridized carbons (Fsp3) is 0.200. The van der Waals surface area contributed by atoms with Gasteiger partial charge in [0.15, 0.2) is 0 Å². The summed E-state index contributed by atoms with van der Waals surface area (Å²) < 4.78 is 0. The summed E-state index contributed by atoms with van der Waals surface area (Å²) in [6.07, 6.45) is 3.66. The van der Waals surface area contributed by atoms with Crippen molar-refractivity contribution >= 4 is 40.5 Å². The molecular weight excluding hydrogens is 309 g/mol. The number of benzene rings is 1. The molecule has 1 fully saturated rings. The number of nitrogens with zero attached hydrogens (tertiary/aromatic N) is 1. The molecule has 0 unspecified atom stereocenters. The third kappa shape index (κ3) is 3.46. The number of para-hydroxylation sites is 1. The van der Waals surface area contributed by atoms with Crippen LogP contribution in [0.15, 0.2) is 36.5 Å². The van der Waals surface area contributed by atoms with E-state index in [1.165, 1.54) is 0 Å². The number of pyridine rings is 1. The van der Waals surface area contributed by atoms with Gasteiger partial charge in [-0.25, -0.2) is 0 Å². The lowest BCUT2D eigenvalue weighted by Crippen LogP contribution is -2.26. The summed E-state index contributed by atoms with van der Waals surface area (Å²) in [4.78, 5) is 16.1. The number of nitrogens with one attached hydrogen (secondary N) is 2. The van der Waals surface area contributed by atoms with Crippen LogP contribution in [-0.4, -0.2) is 16.9 Å². The normalized spacial score (nSPS) is 13.8. The lowest BCUT2D eigenvalue weighted by Gasteiger charge is -2.11. The molecule has 21 heavy (non-hydrogen) atoms. The molecule has 6 heteroatoms. The second kappa shape index (κ2) is 5.92. The number of rotatable bonds is 4. The lowest BCUT2D eigenvalue weighted by atomic mass is 10.2. The quantitative estimate of drug-likeness (QED) is 0.894. The van der Waals surface area contributed by atoms with Gasteiger partial charge in [0.2, 0.25) is 0 Å². The average Bonchev–Trinajstić information content (AvgIpc) is 3.27. The summed E-state index contributed by atoms with van der Waals surface area (Å²) >= 11 is 12.2. The van der Waals surface area contributed by atoms with Gasteiger partial charge in [-0.2, -0.15) is 0 Å². The van der Waals surface area contributed by atoms with E-state index in [4.69, 9.17) is 23.2 Å². The molecule has 3 rings (SSSR count). The third-order valence-electron chi connectivity index (χ3n) is 3.14. The molecule has 1 amide bonds. The first-order valence-corrected chi connectivity index (χ1v) is 7.37. The highest BCUT2D eigenvalue weighted by Gasteiger charge is 2.24. The van der Waals surface area contributed by atoms with E-state index < -0.39 is 0 Å². The predicted octanol–water partition coefficient (Wildman–Crippen LogP) is 4.02. The highest BCUT2D eigenvalue weighted by molar-refractivity contribution is 6.39. The SMILES string of the molecule is O=C(NC1CC1)c1cc(Nc2c(Cl)cccc2Cl)ccn1. The summed E-state index contributed by atoms with van der Waals surface area (Å²) in [5, 5.41) is 7.06. The van der Waals surface area contributed by atoms with Crippen molar-refractivity contribution in [2.24, 2.45) is 0 Å². The standard InChI is InChI=1S/C15H13Cl2N3O/c16-11-2-1-3-12(17)14(11)19-10-6-7-18-13(8-10)15(21)20-9-4-5-9/h1-3,6-9H,4-5H2,(H,18,19)(H,20,21). The lowest BCUT2D eigenvalue weighted by molar-refractivity contribution is 0.0946. The van der Waals surface area contributed by atoms with Crippen molar-refractivity contribution in [1.82, 2.24) is 10.3 Å². The molecule has 0 spiro atoms. The maximum Gasteiger partial charge on any atom is 0.270 e. The van der Waals surface area contributed by atoms with Crippen molar-refractivity contribution in [3.05, 3.63) is 52.3 Å². The van der Waals surface area contributed by atoms with Crippen LogP contribution in [-0.2, 0) is 0 Å². The molecule has 1 aliphatic rings. The molecule has 1 heterocycles. The Hall–Kier alpha value is -1.78. The zero-order chi connectivity index (χ0) is 14.8. The van der Waals surface area contributed by atoms with E-state index in [9.17, 15) is 4.79 Å². The van der Waals surface area contributed by atoms with Crippen LogP contribution in [0.25, 0.3) is 0 Å². The van der Waals surface area contributed by atoms with E-state index >= 15 is 0 Å². The molecule has 0 aliphatic heterocycles. The number of carbonyl (C=O) groups is 1. The molecule has 1 saturated carbocycles. The second-order valence-corrected chi connectivity index (χ2v) is 5.71. The number of amides is 1. The minimum Gasteiger partial charge on any atom is -0.353 e. The van der Waals surface area contributed by atoms with E-state index in [2.05, 4.69) is 15.6 Å². The fourth-order valence-corrected chi connectivity index (χ4v) is 2.37. The van der Waals surface area contributed by atoms with Gasteiger partial charge in [0, 0.05) is 17.9 Å². The maximum atomic E-state index is 12.0. The van der Waals surface area contributed by atoms with Crippen LogP contribution in [0.1, 0.15) is 23.3 Å². The molecule has 0 bridgehead atoms. The Bertz CT molecular complexity index is 666. The van der Waals surface area contributed by atoms with Crippen LogP contribution in [0.4, 0.5) is 11.4 Å². The number of aromatic nitrogens is 1. The number of hydrogen-bond donors (Lipinski definition) is 2. The predicted molar refractivity (Wildman–Crippen MR) is 84.5 cm³/mol. The smallest absolute Gasteiger partial charge is 0.270 e. The van der Waals surface area contributed by atoms with E-state index in [1.54, 1.807) is 36.5 Å². The van der Waals surface area contributed by atoms with Gasteiger partial charge >= 0.3 is 0 Å². The number of hydrogen-bond acceptors (Lipinski definition) is 3. The van der Waals surface area contributed by atoms with Gasteiger partial charge in [0.1, 0.15) is 5.69 Å². The highest BCUT2D eigenvalue weighted by Crippen LogP contribution is 2.32.